The molecule has 0 unspecified atom stereocenters. The molecule has 0 aliphatic carbocycles. The van der Waals surface area contributed by atoms with Crippen molar-refractivity contribution in [1.82, 2.24) is 15.5 Å². The van der Waals surface area contributed by atoms with E-state index in [2.05, 4.69) is 16.0 Å². The Balaban J connectivity index is 1.80. The number of para-hydroxylation sites is 1. The van der Waals surface area contributed by atoms with E-state index >= 15 is 0 Å². The number of urea groups is 1. The highest BCUT2D eigenvalue weighted by Crippen LogP contribution is 2.19. The molecule has 0 radical (unpaired) electrons. The van der Waals surface area contributed by atoms with Gasteiger partial charge in [0.05, 0.1) is 0 Å². The molecule has 1 atom stereocenters. The SMILES string of the molecule is CC(C)C(=O)NCCNC(=O)[C@@H]1CCCN1C(=O)Nc1ccccc1. The van der Waals surface area contributed by atoms with Crippen LogP contribution in [0.2, 0.25) is 0 Å². The summed E-state index contributed by atoms with van der Waals surface area (Å²) < 4.78 is 0. The van der Waals surface area contributed by atoms with Crippen molar-refractivity contribution in [3.8, 4) is 0 Å². The topological polar surface area (TPSA) is 90.5 Å². The highest BCUT2D eigenvalue weighted by molar-refractivity contribution is 5.94. The molecule has 136 valence electrons. The highest BCUT2D eigenvalue weighted by atomic mass is 16.2. The molecule has 0 spiro atoms. The van der Waals surface area contributed by atoms with Gasteiger partial charge in [0.2, 0.25) is 11.8 Å². The Morgan fingerprint density at radius 3 is 2.48 bits per heavy atom. The van der Waals surface area contributed by atoms with Crippen LogP contribution in [0.15, 0.2) is 30.3 Å². The van der Waals surface area contributed by atoms with E-state index in [-0.39, 0.29) is 23.8 Å². The van der Waals surface area contributed by atoms with E-state index < -0.39 is 6.04 Å². The first-order valence-electron chi connectivity index (χ1n) is 8.67. The molecule has 0 saturated carbocycles. The number of hydrogen-bond donors (Lipinski definition) is 3. The zero-order chi connectivity index (χ0) is 18.2. The Hall–Kier alpha value is -2.57. The van der Waals surface area contributed by atoms with Crippen molar-refractivity contribution in [3.63, 3.8) is 0 Å². The first-order chi connectivity index (χ1) is 12.0. The van der Waals surface area contributed by atoms with Crippen LogP contribution in [-0.2, 0) is 9.59 Å². The zero-order valence-corrected chi connectivity index (χ0v) is 14.7. The lowest BCUT2D eigenvalue weighted by molar-refractivity contribution is -0.126. The summed E-state index contributed by atoms with van der Waals surface area (Å²) in [6.07, 6.45) is 1.44. The number of hydrogen-bond acceptors (Lipinski definition) is 3. The fraction of sp³-hybridized carbons (Fsp3) is 0.500. The molecule has 1 aromatic carbocycles. The monoisotopic (exact) mass is 346 g/mol. The van der Waals surface area contributed by atoms with Crippen molar-refractivity contribution in [2.24, 2.45) is 5.92 Å². The second kappa shape index (κ2) is 9.05. The van der Waals surface area contributed by atoms with Crippen molar-refractivity contribution in [3.05, 3.63) is 30.3 Å². The zero-order valence-electron chi connectivity index (χ0n) is 14.7. The van der Waals surface area contributed by atoms with Gasteiger partial charge in [-0.05, 0) is 25.0 Å². The van der Waals surface area contributed by atoms with Crippen LogP contribution in [0.5, 0.6) is 0 Å². The standard InChI is InChI=1S/C18H26N4O3/c1-13(2)16(23)19-10-11-20-17(24)15-9-6-12-22(15)18(25)21-14-7-4-3-5-8-14/h3-5,7-8,13,15H,6,9-12H2,1-2H3,(H,19,23)(H,20,24)(H,21,25)/t15-/m0/s1. The Bertz CT molecular complexity index is 604. The Morgan fingerprint density at radius 2 is 1.80 bits per heavy atom. The molecular weight excluding hydrogens is 320 g/mol. The largest absolute Gasteiger partial charge is 0.354 e. The number of carbonyl (C=O) groups is 3. The molecule has 25 heavy (non-hydrogen) atoms. The maximum absolute atomic E-state index is 12.4. The molecule has 1 heterocycles. The van der Waals surface area contributed by atoms with E-state index in [4.69, 9.17) is 0 Å². The third kappa shape index (κ3) is 5.48. The number of anilines is 1. The van der Waals surface area contributed by atoms with Crippen LogP contribution in [0.4, 0.5) is 10.5 Å². The quantitative estimate of drug-likeness (QED) is 0.683. The van der Waals surface area contributed by atoms with E-state index in [1.54, 1.807) is 17.0 Å². The first-order valence-corrected chi connectivity index (χ1v) is 8.67. The van der Waals surface area contributed by atoms with E-state index in [1.165, 1.54) is 0 Å². The lowest BCUT2D eigenvalue weighted by Gasteiger charge is -2.24. The summed E-state index contributed by atoms with van der Waals surface area (Å²) in [6.45, 7) is 4.92. The first kappa shape index (κ1) is 18.8. The van der Waals surface area contributed by atoms with Crippen molar-refractivity contribution in [2.45, 2.75) is 32.7 Å². The molecule has 1 saturated heterocycles. The molecule has 2 rings (SSSR count). The van der Waals surface area contributed by atoms with Crippen LogP contribution >= 0.6 is 0 Å². The molecule has 1 aromatic rings. The summed E-state index contributed by atoms with van der Waals surface area (Å²) in [5.41, 5.74) is 0.704. The van der Waals surface area contributed by atoms with E-state index in [9.17, 15) is 14.4 Å². The number of benzene rings is 1. The van der Waals surface area contributed by atoms with Gasteiger partial charge in [0.15, 0.2) is 0 Å². The molecule has 0 bridgehead atoms. The molecule has 0 aromatic heterocycles. The fourth-order valence-electron chi connectivity index (χ4n) is 2.69. The van der Waals surface area contributed by atoms with Crippen LogP contribution in [0.1, 0.15) is 26.7 Å². The van der Waals surface area contributed by atoms with Gasteiger partial charge < -0.3 is 20.9 Å². The van der Waals surface area contributed by atoms with Crippen molar-refractivity contribution < 1.29 is 14.4 Å². The van der Waals surface area contributed by atoms with Crippen LogP contribution < -0.4 is 16.0 Å². The number of amides is 4. The summed E-state index contributed by atoms with van der Waals surface area (Å²) >= 11 is 0. The predicted molar refractivity (Wildman–Crippen MR) is 96.0 cm³/mol. The summed E-state index contributed by atoms with van der Waals surface area (Å²) in [6, 6.07) is 8.44. The lowest BCUT2D eigenvalue weighted by Crippen LogP contribution is -2.48. The highest BCUT2D eigenvalue weighted by Gasteiger charge is 2.33. The van der Waals surface area contributed by atoms with Gasteiger partial charge in [-0.3, -0.25) is 9.59 Å². The van der Waals surface area contributed by atoms with Gasteiger partial charge in [0.25, 0.3) is 0 Å². The molecule has 1 aliphatic heterocycles. The van der Waals surface area contributed by atoms with E-state index in [0.717, 1.165) is 6.42 Å². The second-order valence-electron chi connectivity index (χ2n) is 6.38. The van der Waals surface area contributed by atoms with Gasteiger partial charge in [0, 0.05) is 31.2 Å². The number of rotatable bonds is 6. The minimum Gasteiger partial charge on any atom is -0.354 e. The maximum Gasteiger partial charge on any atom is 0.322 e. The number of nitrogens with zero attached hydrogens (tertiary/aromatic N) is 1. The average molecular weight is 346 g/mol. The average Bonchev–Trinajstić information content (AvgIpc) is 3.09. The Labute approximate surface area is 148 Å². The Morgan fingerprint density at radius 1 is 1.12 bits per heavy atom. The van der Waals surface area contributed by atoms with Gasteiger partial charge in [0.1, 0.15) is 6.04 Å². The van der Waals surface area contributed by atoms with E-state index in [1.807, 2.05) is 32.0 Å². The van der Waals surface area contributed by atoms with Crippen LogP contribution in [-0.4, -0.2) is 48.4 Å². The Kier molecular flexibility index (Phi) is 6.80. The molecule has 3 N–H and O–H groups in total. The van der Waals surface area contributed by atoms with Gasteiger partial charge >= 0.3 is 6.03 Å². The predicted octanol–water partition coefficient (Wildman–Crippen LogP) is 1.57. The summed E-state index contributed by atoms with van der Waals surface area (Å²) in [5, 5.41) is 8.35. The summed E-state index contributed by atoms with van der Waals surface area (Å²) in [5.74, 6) is -0.304. The van der Waals surface area contributed by atoms with Crippen molar-refractivity contribution >= 4 is 23.5 Å². The maximum atomic E-state index is 12.4. The van der Waals surface area contributed by atoms with Gasteiger partial charge in [-0.15, -0.1) is 0 Å². The van der Waals surface area contributed by atoms with Gasteiger partial charge in [-0.2, -0.15) is 0 Å². The minimum absolute atomic E-state index is 0.0426. The van der Waals surface area contributed by atoms with Gasteiger partial charge in [-0.1, -0.05) is 32.0 Å². The third-order valence-corrected chi connectivity index (χ3v) is 4.09. The summed E-state index contributed by atoms with van der Waals surface area (Å²) in [7, 11) is 0. The molecule has 7 heteroatoms. The van der Waals surface area contributed by atoms with Crippen LogP contribution in [0.25, 0.3) is 0 Å². The minimum atomic E-state index is -0.468. The molecule has 4 amide bonds. The number of carbonyl (C=O) groups excluding carboxylic acids is 3. The van der Waals surface area contributed by atoms with E-state index in [0.29, 0.717) is 31.7 Å². The number of likely N-dealkylation sites (tertiary alicyclic amines) is 1. The number of nitrogens with one attached hydrogen (secondary N) is 3. The molecule has 1 aliphatic rings. The smallest absolute Gasteiger partial charge is 0.322 e. The third-order valence-electron chi connectivity index (χ3n) is 4.09. The fourth-order valence-corrected chi connectivity index (χ4v) is 2.69. The van der Waals surface area contributed by atoms with Gasteiger partial charge in [-0.25, -0.2) is 4.79 Å². The van der Waals surface area contributed by atoms with Crippen LogP contribution in [0.3, 0.4) is 0 Å². The lowest BCUT2D eigenvalue weighted by atomic mass is 10.2. The molecule has 7 nitrogen and oxygen atoms in total. The van der Waals surface area contributed by atoms with Crippen molar-refractivity contribution in [1.29, 1.82) is 0 Å². The molecule has 1 fully saturated rings. The second-order valence-corrected chi connectivity index (χ2v) is 6.38. The van der Waals surface area contributed by atoms with Crippen molar-refractivity contribution in [2.75, 3.05) is 25.0 Å². The normalized spacial score (nSPS) is 16.6. The molecular formula is C18H26N4O3. The van der Waals surface area contributed by atoms with Crippen LogP contribution in [0, 0.1) is 5.92 Å². The summed E-state index contributed by atoms with van der Waals surface area (Å²) in [4.78, 5) is 37.8.